The quantitative estimate of drug-likeness (QED) is 0.724. The van der Waals surface area contributed by atoms with Crippen molar-refractivity contribution in [1.29, 1.82) is 0 Å². The largest absolute Gasteiger partial charge is 0.309 e. The van der Waals surface area contributed by atoms with Crippen LogP contribution >= 0.6 is 24.0 Å². The number of nitrogens with zero attached hydrogens (tertiary/aromatic N) is 1. The van der Waals surface area contributed by atoms with Crippen LogP contribution in [0.25, 0.3) is 0 Å². The van der Waals surface area contributed by atoms with E-state index >= 15 is 0 Å². The number of rotatable bonds is 4. The predicted octanol–water partition coefficient (Wildman–Crippen LogP) is 2.99. The summed E-state index contributed by atoms with van der Waals surface area (Å²) >= 11 is 5.92. The molecule has 0 bridgehead atoms. The van der Waals surface area contributed by atoms with Crippen LogP contribution in [-0.2, 0) is 0 Å². The predicted molar refractivity (Wildman–Crippen MR) is 65.7 cm³/mol. The summed E-state index contributed by atoms with van der Waals surface area (Å²) in [6, 6.07) is 10.4. The Balaban J connectivity index is 0.00000169. The average Bonchev–Trinajstić information content (AvgIpc) is 2.15. The highest BCUT2D eigenvalue weighted by atomic mass is 35.5. The van der Waals surface area contributed by atoms with E-state index in [0.717, 1.165) is 6.54 Å². The van der Waals surface area contributed by atoms with Crippen molar-refractivity contribution < 1.29 is 0 Å². The number of hydrogen-bond acceptors (Lipinski definition) is 1. The Hall–Kier alpha value is -0.240. The SMILES string of the molecule is CN(C)CC(CCl)c1ccccc1.Cl. The van der Waals surface area contributed by atoms with Crippen LogP contribution in [0.2, 0.25) is 0 Å². The van der Waals surface area contributed by atoms with Gasteiger partial charge in [0, 0.05) is 18.3 Å². The molecule has 0 spiro atoms. The van der Waals surface area contributed by atoms with Gasteiger partial charge < -0.3 is 4.90 Å². The summed E-state index contributed by atoms with van der Waals surface area (Å²) in [5, 5.41) is 0. The first-order valence-corrected chi connectivity index (χ1v) is 5.03. The molecule has 1 nitrogen and oxygen atoms in total. The fraction of sp³-hybridized carbons (Fsp3) is 0.455. The lowest BCUT2D eigenvalue weighted by Crippen LogP contribution is -2.21. The maximum absolute atomic E-state index is 5.92. The molecule has 3 heteroatoms. The second-order valence-electron chi connectivity index (χ2n) is 3.52. The van der Waals surface area contributed by atoms with E-state index < -0.39 is 0 Å². The van der Waals surface area contributed by atoms with Gasteiger partial charge in [-0.15, -0.1) is 24.0 Å². The molecular weight excluding hydrogens is 217 g/mol. The van der Waals surface area contributed by atoms with Crippen LogP contribution < -0.4 is 0 Å². The maximum atomic E-state index is 5.92. The molecule has 0 aliphatic carbocycles. The molecule has 1 rings (SSSR count). The van der Waals surface area contributed by atoms with Gasteiger partial charge in [-0.1, -0.05) is 30.3 Å². The lowest BCUT2D eigenvalue weighted by atomic mass is 10.0. The zero-order chi connectivity index (χ0) is 9.68. The molecule has 0 aromatic heterocycles. The highest BCUT2D eigenvalue weighted by molar-refractivity contribution is 6.18. The van der Waals surface area contributed by atoms with E-state index in [-0.39, 0.29) is 12.4 Å². The number of likely N-dealkylation sites (N-methyl/N-ethyl adjacent to an activating group) is 1. The van der Waals surface area contributed by atoms with Gasteiger partial charge in [-0.3, -0.25) is 0 Å². The number of halogens is 2. The Morgan fingerprint density at radius 1 is 1.21 bits per heavy atom. The lowest BCUT2D eigenvalue weighted by Gasteiger charge is -2.18. The zero-order valence-corrected chi connectivity index (χ0v) is 10.2. The van der Waals surface area contributed by atoms with Crippen LogP contribution in [0.15, 0.2) is 30.3 Å². The van der Waals surface area contributed by atoms with Crippen molar-refractivity contribution in [1.82, 2.24) is 4.90 Å². The van der Waals surface area contributed by atoms with Gasteiger partial charge in [0.25, 0.3) is 0 Å². The summed E-state index contributed by atoms with van der Waals surface area (Å²) in [6.07, 6.45) is 0. The van der Waals surface area contributed by atoms with E-state index in [0.29, 0.717) is 11.8 Å². The van der Waals surface area contributed by atoms with Crippen LogP contribution in [0.3, 0.4) is 0 Å². The zero-order valence-electron chi connectivity index (χ0n) is 8.61. The van der Waals surface area contributed by atoms with E-state index in [2.05, 4.69) is 43.3 Å². The summed E-state index contributed by atoms with van der Waals surface area (Å²) in [6.45, 7) is 1.01. The van der Waals surface area contributed by atoms with Gasteiger partial charge in [0.15, 0.2) is 0 Å². The molecule has 80 valence electrons. The Morgan fingerprint density at radius 3 is 2.21 bits per heavy atom. The van der Waals surface area contributed by atoms with Crippen molar-refractivity contribution in [2.24, 2.45) is 0 Å². The monoisotopic (exact) mass is 233 g/mol. The van der Waals surface area contributed by atoms with Crippen LogP contribution in [0, 0.1) is 0 Å². The average molecular weight is 234 g/mol. The summed E-state index contributed by atoms with van der Waals surface area (Å²) in [4.78, 5) is 2.17. The van der Waals surface area contributed by atoms with E-state index in [1.807, 2.05) is 6.07 Å². The first-order chi connectivity index (χ1) is 6.24. The molecule has 0 N–H and O–H groups in total. The highest BCUT2D eigenvalue weighted by Crippen LogP contribution is 2.17. The molecule has 1 unspecified atom stereocenters. The summed E-state index contributed by atoms with van der Waals surface area (Å²) < 4.78 is 0. The van der Waals surface area contributed by atoms with E-state index in [4.69, 9.17) is 11.6 Å². The highest BCUT2D eigenvalue weighted by Gasteiger charge is 2.10. The summed E-state index contributed by atoms with van der Waals surface area (Å²) in [5.74, 6) is 1.13. The second-order valence-corrected chi connectivity index (χ2v) is 3.83. The van der Waals surface area contributed by atoms with Crippen LogP contribution in [0.4, 0.5) is 0 Å². The third-order valence-electron chi connectivity index (χ3n) is 2.04. The molecule has 1 aromatic rings. The first-order valence-electron chi connectivity index (χ1n) is 4.49. The van der Waals surface area contributed by atoms with Gasteiger partial charge in [-0.25, -0.2) is 0 Å². The Labute approximate surface area is 97.5 Å². The van der Waals surface area contributed by atoms with Crippen molar-refractivity contribution >= 4 is 24.0 Å². The third kappa shape index (κ3) is 4.32. The van der Waals surface area contributed by atoms with Crippen LogP contribution in [-0.4, -0.2) is 31.4 Å². The maximum Gasteiger partial charge on any atom is 0.0304 e. The Bertz CT molecular complexity index is 236. The van der Waals surface area contributed by atoms with Gasteiger partial charge in [-0.05, 0) is 19.7 Å². The molecular formula is C11H17Cl2N. The minimum atomic E-state index is 0. The van der Waals surface area contributed by atoms with Crippen molar-refractivity contribution in [2.75, 3.05) is 26.5 Å². The van der Waals surface area contributed by atoms with Crippen molar-refractivity contribution in [3.8, 4) is 0 Å². The molecule has 14 heavy (non-hydrogen) atoms. The lowest BCUT2D eigenvalue weighted by molar-refractivity contribution is 0.384. The third-order valence-corrected chi connectivity index (χ3v) is 2.42. The molecule has 0 heterocycles. The fourth-order valence-corrected chi connectivity index (χ4v) is 1.69. The minimum absolute atomic E-state index is 0. The summed E-state index contributed by atoms with van der Waals surface area (Å²) in [7, 11) is 4.14. The van der Waals surface area contributed by atoms with E-state index in [1.54, 1.807) is 0 Å². The number of alkyl halides is 1. The second kappa shape index (κ2) is 7.10. The van der Waals surface area contributed by atoms with Crippen molar-refractivity contribution in [3.05, 3.63) is 35.9 Å². The molecule has 0 amide bonds. The number of hydrogen-bond donors (Lipinski definition) is 0. The van der Waals surface area contributed by atoms with Crippen LogP contribution in [0.5, 0.6) is 0 Å². The van der Waals surface area contributed by atoms with E-state index in [1.165, 1.54) is 5.56 Å². The number of benzene rings is 1. The summed E-state index contributed by atoms with van der Waals surface area (Å²) in [5.41, 5.74) is 1.33. The fourth-order valence-electron chi connectivity index (χ4n) is 1.41. The van der Waals surface area contributed by atoms with Gasteiger partial charge in [-0.2, -0.15) is 0 Å². The minimum Gasteiger partial charge on any atom is -0.309 e. The Morgan fingerprint density at radius 2 is 1.79 bits per heavy atom. The first kappa shape index (κ1) is 13.8. The smallest absolute Gasteiger partial charge is 0.0304 e. The molecule has 1 aromatic carbocycles. The standard InChI is InChI=1S/C11H16ClN.ClH/c1-13(2)9-11(8-12)10-6-4-3-5-7-10;/h3-7,11H,8-9H2,1-2H3;1H. The molecule has 0 aliphatic rings. The normalized spacial score (nSPS) is 12.3. The van der Waals surface area contributed by atoms with Gasteiger partial charge in [0.05, 0.1) is 0 Å². The van der Waals surface area contributed by atoms with Crippen molar-refractivity contribution in [3.63, 3.8) is 0 Å². The molecule has 0 fully saturated rings. The van der Waals surface area contributed by atoms with E-state index in [9.17, 15) is 0 Å². The van der Waals surface area contributed by atoms with Gasteiger partial charge in [0.1, 0.15) is 0 Å². The van der Waals surface area contributed by atoms with Crippen LogP contribution in [0.1, 0.15) is 11.5 Å². The molecule has 1 atom stereocenters. The van der Waals surface area contributed by atoms with Gasteiger partial charge in [0.2, 0.25) is 0 Å². The Kier molecular flexibility index (Phi) is 6.98. The molecule has 0 saturated heterocycles. The van der Waals surface area contributed by atoms with Gasteiger partial charge >= 0.3 is 0 Å². The molecule has 0 saturated carbocycles. The molecule has 0 aliphatic heterocycles. The van der Waals surface area contributed by atoms with Crippen molar-refractivity contribution in [2.45, 2.75) is 5.92 Å². The topological polar surface area (TPSA) is 3.24 Å². The molecule has 0 radical (unpaired) electrons.